The van der Waals surface area contributed by atoms with Gasteiger partial charge < -0.3 is 18.2 Å². The minimum atomic E-state index is -2.98. The first kappa shape index (κ1) is 15.3. The highest BCUT2D eigenvalue weighted by molar-refractivity contribution is 7.42. The van der Waals surface area contributed by atoms with Crippen molar-refractivity contribution in [1.82, 2.24) is 0 Å². The summed E-state index contributed by atoms with van der Waals surface area (Å²) in [4.78, 5) is 9.18. The first-order chi connectivity index (χ1) is 7.04. The van der Waals surface area contributed by atoms with Crippen LogP contribution in [-0.4, -0.2) is 38.8 Å². The molecule has 1 N–H and O–H groups in total. The van der Waals surface area contributed by atoms with Gasteiger partial charge in [0.2, 0.25) is 0 Å². The summed E-state index contributed by atoms with van der Waals surface area (Å²) in [6.07, 6.45) is 0. The van der Waals surface area contributed by atoms with E-state index < -0.39 is 22.1 Å². The van der Waals surface area contributed by atoms with Gasteiger partial charge >= 0.3 is 8.80 Å². The second-order valence-corrected chi connectivity index (χ2v) is 8.02. The van der Waals surface area contributed by atoms with E-state index in [0.717, 1.165) is 0 Å². The lowest BCUT2D eigenvalue weighted by atomic mass is 10.9. The van der Waals surface area contributed by atoms with E-state index in [1.54, 1.807) is 6.92 Å². The Morgan fingerprint density at radius 2 is 1.47 bits per heavy atom. The van der Waals surface area contributed by atoms with Gasteiger partial charge in [-0.15, -0.1) is 0 Å². The SMILES string of the molecule is CCO[Si](OCC)(OCC)C(C)[PH](=O)O. The van der Waals surface area contributed by atoms with Crippen LogP contribution in [0.5, 0.6) is 0 Å². The molecule has 5 nitrogen and oxygen atoms in total. The predicted molar refractivity (Wildman–Crippen MR) is 61.3 cm³/mol. The average molecular weight is 256 g/mol. The molecule has 7 heteroatoms. The van der Waals surface area contributed by atoms with Crippen LogP contribution in [0.3, 0.4) is 0 Å². The van der Waals surface area contributed by atoms with Gasteiger partial charge in [-0.2, -0.15) is 0 Å². The van der Waals surface area contributed by atoms with Gasteiger partial charge in [0.1, 0.15) is 5.28 Å². The van der Waals surface area contributed by atoms with Gasteiger partial charge in [0.15, 0.2) is 8.03 Å². The van der Waals surface area contributed by atoms with Crippen LogP contribution in [0.15, 0.2) is 0 Å². The summed E-state index contributed by atoms with van der Waals surface area (Å²) < 4.78 is 27.6. The minimum Gasteiger partial charge on any atom is -0.373 e. The fourth-order valence-electron chi connectivity index (χ4n) is 1.25. The van der Waals surface area contributed by atoms with Crippen molar-refractivity contribution in [3.05, 3.63) is 0 Å². The highest BCUT2D eigenvalue weighted by atomic mass is 31.1. The van der Waals surface area contributed by atoms with Crippen molar-refractivity contribution in [3.8, 4) is 0 Å². The Balaban J connectivity index is 4.81. The third-order valence-corrected chi connectivity index (χ3v) is 7.61. The van der Waals surface area contributed by atoms with E-state index in [0.29, 0.717) is 19.8 Å². The van der Waals surface area contributed by atoms with Crippen LogP contribution in [0.1, 0.15) is 27.7 Å². The lowest BCUT2D eigenvalue weighted by Gasteiger charge is -2.31. The zero-order valence-corrected chi connectivity index (χ0v) is 11.8. The third-order valence-electron chi connectivity index (χ3n) is 1.94. The molecule has 0 aliphatic carbocycles. The molecule has 0 aliphatic heterocycles. The highest BCUT2D eigenvalue weighted by Crippen LogP contribution is 2.32. The van der Waals surface area contributed by atoms with E-state index in [-0.39, 0.29) is 0 Å². The second kappa shape index (κ2) is 7.54. The molecule has 0 bridgehead atoms. The highest BCUT2D eigenvalue weighted by Gasteiger charge is 2.49. The molecule has 0 spiro atoms. The largest absolute Gasteiger partial charge is 0.513 e. The Kier molecular flexibility index (Phi) is 7.69. The molecule has 0 heterocycles. The molecule has 2 unspecified atom stereocenters. The molecule has 2 atom stereocenters. The molecule has 0 saturated heterocycles. The first-order valence-corrected chi connectivity index (χ1v) is 8.42. The van der Waals surface area contributed by atoms with E-state index in [4.69, 9.17) is 13.3 Å². The van der Waals surface area contributed by atoms with Crippen LogP contribution in [0.25, 0.3) is 0 Å². The molecule has 0 amide bonds. The molecule has 0 saturated carbocycles. The van der Waals surface area contributed by atoms with Crippen molar-refractivity contribution in [2.75, 3.05) is 19.8 Å². The predicted octanol–water partition coefficient (Wildman–Crippen LogP) is 1.43. The van der Waals surface area contributed by atoms with Crippen molar-refractivity contribution in [2.24, 2.45) is 0 Å². The topological polar surface area (TPSA) is 65.0 Å². The summed E-state index contributed by atoms with van der Waals surface area (Å²) in [5, 5.41) is -0.553. The zero-order valence-electron chi connectivity index (χ0n) is 9.78. The maximum Gasteiger partial charge on any atom is 0.513 e. The molecular formula is C8H21O5PSi. The molecular weight excluding hydrogens is 235 g/mol. The van der Waals surface area contributed by atoms with Gasteiger partial charge in [-0.25, -0.2) is 0 Å². The Morgan fingerprint density at radius 1 is 1.13 bits per heavy atom. The van der Waals surface area contributed by atoms with Gasteiger partial charge in [0, 0.05) is 19.8 Å². The monoisotopic (exact) mass is 256 g/mol. The maximum atomic E-state index is 11.2. The minimum absolute atomic E-state index is 0.422. The van der Waals surface area contributed by atoms with Crippen LogP contribution >= 0.6 is 8.03 Å². The fraction of sp³-hybridized carbons (Fsp3) is 1.00. The Hall–Kier alpha value is 0.287. The molecule has 0 fully saturated rings. The fourth-order valence-corrected chi connectivity index (χ4v) is 5.42. The standard InChI is InChI=1S/C8H21O5PSi/c1-5-11-15(12-6-2,13-7-3)8(4)14(9)10/h8,14H,5-7H2,1-4H3,(H,9,10). The van der Waals surface area contributed by atoms with Gasteiger partial charge in [-0.3, -0.25) is 4.57 Å². The van der Waals surface area contributed by atoms with Crippen LogP contribution in [0.2, 0.25) is 0 Å². The molecule has 0 aromatic carbocycles. The van der Waals surface area contributed by atoms with Crippen LogP contribution in [-0.2, 0) is 17.8 Å². The molecule has 0 rings (SSSR count). The van der Waals surface area contributed by atoms with Crippen molar-refractivity contribution < 1.29 is 22.7 Å². The lowest BCUT2D eigenvalue weighted by molar-refractivity contribution is 0.0695. The average Bonchev–Trinajstić information content (AvgIpc) is 2.17. The summed E-state index contributed by atoms with van der Waals surface area (Å²) in [6, 6.07) is 0. The van der Waals surface area contributed by atoms with Crippen molar-refractivity contribution in [1.29, 1.82) is 0 Å². The first-order valence-electron chi connectivity index (χ1n) is 5.18. The summed E-state index contributed by atoms with van der Waals surface area (Å²) >= 11 is 0. The number of hydrogen-bond donors (Lipinski definition) is 1. The third kappa shape index (κ3) is 4.34. The van der Waals surface area contributed by atoms with E-state index in [2.05, 4.69) is 0 Å². The molecule has 92 valence electrons. The molecule has 15 heavy (non-hydrogen) atoms. The lowest BCUT2D eigenvalue weighted by Crippen LogP contribution is -2.54. The Bertz CT molecular complexity index is 184. The second-order valence-electron chi connectivity index (χ2n) is 2.96. The van der Waals surface area contributed by atoms with Gasteiger partial charge in [0.25, 0.3) is 0 Å². The summed E-state index contributed by atoms with van der Waals surface area (Å²) in [6.45, 7) is 8.38. The van der Waals surface area contributed by atoms with E-state index in [9.17, 15) is 9.46 Å². The number of rotatable bonds is 8. The van der Waals surface area contributed by atoms with Crippen LogP contribution < -0.4 is 0 Å². The van der Waals surface area contributed by atoms with E-state index in [1.165, 1.54) is 0 Å². The molecule has 0 aromatic heterocycles. The summed E-state index contributed by atoms with van der Waals surface area (Å²) in [7, 11) is -5.68. The Morgan fingerprint density at radius 3 is 1.67 bits per heavy atom. The van der Waals surface area contributed by atoms with Crippen molar-refractivity contribution in [3.63, 3.8) is 0 Å². The maximum absolute atomic E-state index is 11.2. The van der Waals surface area contributed by atoms with Gasteiger partial charge in [-0.05, 0) is 27.7 Å². The zero-order chi connectivity index (χ0) is 11.9. The quantitative estimate of drug-likeness (QED) is 0.525. The Labute approximate surface area is 93.0 Å². The van der Waals surface area contributed by atoms with Crippen LogP contribution in [0, 0.1) is 0 Å². The van der Waals surface area contributed by atoms with E-state index >= 15 is 0 Å². The normalized spacial score (nSPS) is 16.3. The van der Waals surface area contributed by atoms with Crippen LogP contribution in [0.4, 0.5) is 0 Å². The summed E-state index contributed by atoms with van der Waals surface area (Å²) in [5.74, 6) is 0. The smallest absolute Gasteiger partial charge is 0.373 e. The molecule has 0 aromatic rings. The van der Waals surface area contributed by atoms with Crippen molar-refractivity contribution in [2.45, 2.75) is 33.0 Å². The van der Waals surface area contributed by atoms with E-state index in [1.807, 2.05) is 20.8 Å². The van der Waals surface area contributed by atoms with Crippen molar-refractivity contribution >= 4 is 16.8 Å². The molecule has 0 aliphatic rings. The summed E-state index contributed by atoms with van der Waals surface area (Å²) in [5.41, 5.74) is 0. The number of hydrogen-bond acceptors (Lipinski definition) is 4. The van der Waals surface area contributed by atoms with Gasteiger partial charge in [0.05, 0.1) is 0 Å². The molecule has 0 radical (unpaired) electrons. The van der Waals surface area contributed by atoms with Gasteiger partial charge in [-0.1, -0.05) is 0 Å².